The second-order valence-corrected chi connectivity index (χ2v) is 5.45. The lowest BCUT2D eigenvalue weighted by Gasteiger charge is -2.15. The first-order chi connectivity index (χ1) is 10.0. The van der Waals surface area contributed by atoms with E-state index < -0.39 is 11.2 Å². The Balaban J connectivity index is 1.98. The van der Waals surface area contributed by atoms with Crippen molar-refractivity contribution in [3.63, 3.8) is 0 Å². The lowest BCUT2D eigenvalue weighted by atomic mass is 9.91. The summed E-state index contributed by atoms with van der Waals surface area (Å²) in [5, 5.41) is 3.85. The molecule has 0 saturated heterocycles. The van der Waals surface area contributed by atoms with E-state index in [1.807, 2.05) is 0 Å². The Hall–Kier alpha value is -2.44. The highest BCUT2D eigenvalue weighted by molar-refractivity contribution is 5.61. The third-order valence-electron chi connectivity index (χ3n) is 3.72. The molecule has 2 aromatic rings. The van der Waals surface area contributed by atoms with E-state index >= 15 is 0 Å². The van der Waals surface area contributed by atoms with E-state index in [9.17, 15) is 9.59 Å². The van der Waals surface area contributed by atoms with Gasteiger partial charge in [-0.1, -0.05) is 18.2 Å². The number of rotatable bonds is 2. The maximum atomic E-state index is 11.8. The third-order valence-corrected chi connectivity index (χ3v) is 3.72. The van der Waals surface area contributed by atoms with Crippen LogP contribution in [0.2, 0.25) is 0 Å². The Kier molecular flexibility index (Phi) is 3.32. The van der Waals surface area contributed by atoms with Crippen molar-refractivity contribution in [2.75, 3.05) is 0 Å². The number of allylic oxidation sites excluding steroid dienone is 2. The number of nitrogens with one attached hydrogen (secondary N) is 1. The number of hydrogen-bond acceptors (Lipinski definition) is 5. The van der Waals surface area contributed by atoms with Crippen LogP contribution in [-0.4, -0.2) is 19.7 Å². The zero-order valence-corrected chi connectivity index (χ0v) is 11.9. The average Bonchev–Trinajstić information content (AvgIpc) is 2.93. The Morgan fingerprint density at radius 2 is 2.24 bits per heavy atom. The number of H-pyrrole nitrogens is 1. The predicted molar refractivity (Wildman–Crippen MR) is 76.6 cm³/mol. The van der Waals surface area contributed by atoms with Gasteiger partial charge in [-0.15, -0.1) is 0 Å². The molecule has 0 spiro atoms. The average molecular weight is 288 g/mol. The summed E-state index contributed by atoms with van der Waals surface area (Å²) in [5.74, 6) is 1.31. The molecule has 1 aliphatic rings. The highest BCUT2D eigenvalue weighted by Crippen LogP contribution is 2.29. The molecule has 7 nitrogen and oxygen atoms in total. The molecule has 0 amide bonds. The molecule has 0 radical (unpaired) electrons. The molecule has 0 saturated carbocycles. The number of aromatic nitrogens is 4. The summed E-state index contributed by atoms with van der Waals surface area (Å²) in [4.78, 5) is 29.7. The highest BCUT2D eigenvalue weighted by atomic mass is 16.5. The first kappa shape index (κ1) is 13.5. The topological polar surface area (TPSA) is 93.8 Å². The van der Waals surface area contributed by atoms with Gasteiger partial charge >= 0.3 is 5.69 Å². The molecule has 1 atom stereocenters. The van der Waals surface area contributed by atoms with E-state index in [1.165, 1.54) is 10.8 Å². The van der Waals surface area contributed by atoms with Crippen molar-refractivity contribution >= 4 is 5.57 Å². The second-order valence-electron chi connectivity index (χ2n) is 5.45. The summed E-state index contributed by atoms with van der Waals surface area (Å²) in [5.41, 5.74) is 0.248. The quantitative estimate of drug-likeness (QED) is 0.899. The van der Waals surface area contributed by atoms with E-state index in [2.05, 4.69) is 28.1 Å². The number of hydrogen-bond donors (Lipinski definition) is 1. The highest BCUT2D eigenvalue weighted by Gasteiger charge is 2.19. The Bertz CT molecular complexity index is 812. The predicted octanol–water partition coefficient (Wildman–Crippen LogP) is 1.33. The zero-order chi connectivity index (χ0) is 15.0. The first-order valence-electron chi connectivity index (χ1n) is 6.88. The molecule has 0 fully saturated rings. The van der Waals surface area contributed by atoms with E-state index in [0.29, 0.717) is 11.8 Å². The maximum Gasteiger partial charge on any atom is 0.328 e. The second kappa shape index (κ2) is 5.16. The summed E-state index contributed by atoms with van der Waals surface area (Å²) in [7, 11) is 1.55. The van der Waals surface area contributed by atoms with Gasteiger partial charge in [-0.3, -0.25) is 9.78 Å². The minimum Gasteiger partial charge on any atom is -0.334 e. The summed E-state index contributed by atoms with van der Waals surface area (Å²) < 4.78 is 6.52. The van der Waals surface area contributed by atoms with Gasteiger partial charge in [-0.2, -0.15) is 4.98 Å². The Labute approximate surface area is 120 Å². The molecule has 1 N–H and O–H groups in total. The summed E-state index contributed by atoms with van der Waals surface area (Å²) in [6, 6.07) is 0. The Morgan fingerprint density at radius 3 is 2.95 bits per heavy atom. The van der Waals surface area contributed by atoms with Crippen molar-refractivity contribution in [1.82, 2.24) is 19.7 Å². The van der Waals surface area contributed by atoms with Gasteiger partial charge < -0.3 is 9.09 Å². The zero-order valence-electron chi connectivity index (χ0n) is 11.9. The van der Waals surface area contributed by atoms with Gasteiger partial charge in [0.05, 0.1) is 0 Å². The molecule has 2 heterocycles. The van der Waals surface area contributed by atoms with Crippen molar-refractivity contribution in [2.45, 2.75) is 26.2 Å². The molecule has 0 aliphatic heterocycles. The van der Waals surface area contributed by atoms with Crippen LogP contribution in [0.3, 0.4) is 0 Å². The van der Waals surface area contributed by atoms with Gasteiger partial charge in [-0.25, -0.2) is 4.79 Å². The molecular weight excluding hydrogens is 272 g/mol. The minimum atomic E-state index is -0.517. The SMILES string of the molecule is CC1CC=C(c2nc(-c3cn(C)c(=O)[nH]c3=O)no2)CC1. The van der Waals surface area contributed by atoms with Gasteiger partial charge in [-0.05, 0) is 25.2 Å². The lowest BCUT2D eigenvalue weighted by Crippen LogP contribution is -2.28. The Morgan fingerprint density at radius 1 is 1.43 bits per heavy atom. The summed E-state index contributed by atoms with van der Waals surface area (Å²) in [6.45, 7) is 2.20. The molecule has 1 aliphatic carbocycles. The van der Waals surface area contributed by atoms with Crippen LogP contribution >= 0.6 is 0 Å². The van der Waals surface area contributed by atoms with Crippen molar-refractivity contribution < 1.29 is 4.52 Å². The summed E-state index contributed by atoms with van der Waals surface area (Å²) in [6.07, 6.45) is 6.49. The van der Waals surface area contributed by atoms with Crippen LogP contribution in [-0.2, 0) is 7.05 Å². The van der Waals surface area contributed by atoms with Gasteiger partial charge in [0, 0.05) is 18.8 Å². The number of aromatic amines is 1. The number of aryl methyl sites for hydroxylation is 1. The van der Waals surface area contributed by atoms with Crippen LogP contribution in [0.1, 0.15) is 32.1 Å². The third kappa shape index (κ3) is 2.58. The minimum absolute atomic E-state index is 0.196. The van der Waals surface area contributed by atoms with Gasteiger partial charge in [0.15, 0.2) is 0 Å². The van der Waals surface area contributed by atoms with Gasteiger partial charge in [0.2, 0.25) is 5.82 Å². The molecule has 1 unspecified atom stereocenters. The van der Waals surface area contributed by atoms with Crippen molar-refractivity contribution in [1.29, 1.82) is 0 Å². The van der Waals surface area contributed by atoms with E-state index in [-0.39, 0.29) is 11.4 Å². The van der Waals surface area contributed by atoms with E-state index in [0.717, 1.165) is 24.8 Å². The standard InChI is InChI=1S/C14H16N4O3/c1-8-3-5-9(6-4-8)13-15-11(17-21-13)10-7-18(2)14(20)16-12(10)19/h5,7-8H,3-4,6H2,1-2H3,(H,16,19,20). The van der Waals surface area contributed by atoms with Gasteiger partial charge in [0.25, 0.3) is 11.4 Å². The van der Waals surface area contributed by atoms with E-state index in [4.69, 9.17) is 4.52 Å². The smallest absolute Gasteiger partial charge is 0.328 e. The van der Waals surface area contributed by atoms with Crippen LogP contribution in [0.5, 0.6) is 0 Å². The maximum absolute atomic E-state index is 11.8. The largest absolute Gasteiger partial charge is 0.334 e. The van der Waals surface area contributed by atoms with Crippen LogP contribution in [0.4, 0.5) is 0 Å². The molecule has 3 rings (SSSR count). The molecule has 0 aromatic carbocycles. The van der Waals surface area contributed by atoms with Gasteiger partial charge in [0.1, 0.15) is 5.56 Å². The molecule has 21 heavy (non-hydrogen) atoms. The molecule has 110 valence electrons. The lowest BCUT2D eigenvalue weighted by molar-refractivity contribution is 0.402. The fourth-order valence-corrected chi connectivity index (χ4v) is 2.35. The fourth-order valence-electron chi connectivity index (χ4n) is 2.35. The van der Waals surface area contributed by atoms with Crippen LogP contribution < -0.4 is 11.2 Å². The van der Waals surface area contributed by atoms with Crippen LogP contribution in [0, 0.1) is 5.92 Å². The molecule has 0 bridgehead atoms. The van der Waals surface area contributed by atoms with Crippen molar-refractivity contribution in [2.24, 2.45) is 13.0 Å². The molecular formula is C14H16N4O3. The van der Waals surface area contributed by atoms with Crippen LogP contribution in [0.25, 0.3) is 17.0 Å². The normalized spacial score (nSPS) is 18.6. The summed E-state index contributed by atoms with van der Waals surface area (Å²) >= 11 is 0. The molecule has 7 heteroatoms. The van der Waals surface area contributed by atoms with E-state index in [1.54, 1.807) is 7.05 Å². The fraction of sp³-hybridized carbons (Fsp3) is 0.429. The monoisotopic (exact) mass is 288 g/mol. The molecule has 2 aromatic heterocycles. The first-order valence-corrected chi connectivity index (χ1v) is 6.88. The van der Waals surface area contributed by atoms with Crippen LogP contribution in [0.15, 0.2) is 26.4 Å². The van der Waals surface area contributed by atoms with Crippen molar-refractivity contribution in [3.8, 4) is 11.4 Å². The number of nitrogens with zero attached hydrogens (tertiary/aromatic N) is 3. The van der Waals surface area contributed by atoms with Crippen molar-refractivity contribution in [3.05, 3.63) is 39.0 Å².